The molecule has 1 aliphatic heterocycles. The van der Waals surface area contributed by atoms with E-state index < -0.39 is 0 Å². The van der Waals surface area contributed by atoms with E-state index in [1.165, 1.54) is 0 Å². The van der Waals surface area contributed by atoms with Crippen molar-refractivity contribution < 1.29 is 19.1 Å². The van der Waals surface area contributed by atoms with Crippen molar-refractivity contribution in [3.8, 4) is 11.5 Å². The summed E-state index contributed by atoms with van der Waals surface area (Å²) in [7, 11) is 1.78. The van der Waals surface area contributed by atoms with Crippen LogP contribution in [0.1, 0.15) is 41.1 Å². The highest BCUT2D eigenvalue weighted by atomic mass is 16.5. The van der Waals surface area contributed by atoms with Gasteiger partial charge in [0.2, 0.25) is 0 Å². The molecule has 1 aliphatic rings. The molecule has 0 N–H and O–H groups in total. The van der Waals surface area contributed by atoms with E-state index in [1.807, 2.05) is 47.4 Å². The predicted molar refractivity (Wildman–Crippen MR) is 128 cm³/mol. The van der Waals surface area contributed by atoms with Crippen molar-refractivity contribution in [1.29, 1.82) is 0 Å². The average molecular weight is 461 g/mol. The first-order chi connectivity index (χ1) is 16.5. The molecule has 1 amide bonds. The van der Waals surface area contributed by atoms with E-state index in [2.05, 4.69) is 9.97 Å². The molecule has 1 atom stereocenters. The van der Waals surface area contributed by atoms with Gasteiger partial charge in [-0.3, -0.25) is 9.59 Å². The molecule has 0 aliphatic carbocycles. The molecule has 4 rings (SSSR count). The molecule has 1 unspecified atom stereocenters. The summed E-state index contributed by atoms with van der Waals surface area (Å²) < 4.78 is 11.0. The second kappa shape index (κ2) is 10.3. The van der Waals surface area contributed by atoms with Gasteiger partial charge in [-0.1, -0.05) is 24.3 Å². The van der Waals surface area contributed by atoms with Crippen LogP contribution in [-0.4, -0.2) is 53.5 Å². The lowest BCUT2D eigenvalue weighted by Gasteiger charge is -2.38. The molecule has 1 aromatic heterocycles. The second-order valence-electron chi connectivity index (χ2n) is 8.09. The highest BCUT2D eigenvalue weighted by molar-refractivity contribution is 5.95. The molecule has 8 nitrogen and oxygen atoms in total. The maximum Gasteiger partial charge on any atom is 0.325 e. The van der Waals surface area contributed by atoms with E-state index in [9.17, 15) is 9.59 Å². The van der Waals surface area contributed by atoms with Gasteiger partial charge in [0.25, 0.3) is 5.91 Å². The number of fused-ring (bicyclic) bond motifs is 1. The molecule has 0 spiro atoms. The standard InChI is InChI=1S/C26H28N4O4/c1-4-33-24(31)17-30-14-13-23(22-16-27-18(2)28-25(22)30)29(3)26(32)19-9-8-12-21(15-19)34-20-10-6-5-7-11-20/h5-12,15-16,23H,4,13-14,17H2,1-3H3. The van der Waals surface area contributed by atoms with Crippen LogP contribution in [0, 0.1) is 6.92 Å². The summed E-state index contributed by atoms with van der Waals surface area (Å²) in [6.45, 7) is 4.60. The third kappa shape index (κ3) is 5.17. The highest BCUT2D eigenvalue weighted by Crippen LogP contribution is 2.36. The van der Waals surface area contributed by atoms with Crippen molar-refractivity contribution in [2.75, 3.05) is 31.6 Å². The van der Waals surface area contributed by atoms with Gasteiger partial charge < -0.3 is 19.3 Å². The number of esters is 1. The van der Waals surface area contributed by atoms with Gasteiger partial charge in [-0.2, -0.15) is 0 Å². The van der Waals surface area contributed by atoms with Crippen molar-refractivity contribution >= 4 is 17.7 Å². The summed E-state index contributed by atoms with van der Waals surface area (Å²) in [4.78, 5) is 38.0. The summed E-state index contributed by atoms with van der Waals surface area (Å²) in [5.41, 5.74) is 1.34. The van der Waals surface area contributed by atoms with E-state index >= 15 is 0 Å². The smallest absolute Gasteiger partial charge is 0.325 e. The van der Waals surface area contributed by atoms with Crippen LogP contribution in [0.4, 0.5) is 5.82 Å². The van der Waals surface area contributed by atoms with Crippen LogP contribution in [0.3, 0.4) is 0 Å². The molecular weight excluding hydrogens is 432 g/mol. The number of aromatic nitrogens is 2. The number of aryl methyl sites for hydroxylation is 1. The summed E-state index contributed by atoms with van der Waals surface area (Å²) >= 11 is 0. The number of hydrogen-bond acceptors (Lipinski definition) is 7. The molecule has 0 radical (unpaired) electrons. The Morgan fingerprint density at radius 2 is 1.88 bits per heavy atom. The van der Waals surface area contributed by atoms with E-state index in [0.717, 1.165) is 5.56 Å². The van der Waals surface area contributed by atoms with E-state index in [0.29, 0.717) is 48.3 Å². The van der Waals surface area contributed by atoms with Crippen LogP contribution >= 0.6 is 0 Å². The van der Waals surface area contributed by atoms with Crippen molar-refractivity contribution in [2.24, 2.45) is 0 Å². The van der Waals surface area contributed by atoms with Crippen LogP contribution in [0.25, 0.3) is 0 Å². The van der Waals surface area contributed by atoms with Gasteiger partial charge >= 0.3 is 5.97 Å². The summed E-state index contributed by atoms with van der Waals surface area (Å²) in [6.07, 6.45) is 2.39. The van der Waals surface area contributed by atoms with Gasteiger partial charge in [-0.15, -0.1) is 0 Å². The normalized spacial score (nSPS) is 14.8. The monoisotopic (exact) mass is 460 g/mol. The molecular formula is C26H28N4O4. The molecule has 176 valence electrons. The molecule has 0 saturated heterocycles. The lowest BCUT2D eigenvalue weighted by atomic mass is 9.98. The fraction of sp³-hybridized carbons (Fsp3) is 0.308. The van der Waals surface area contributed by atoms with Crippen LogP contribution < -0.4 is 9.64 Å². The first-order valence-electron chi connectivity index (χ1n) is 11.3. The van der Waals surface area contributed by atoms with Crippen molar-refractivity contribution in [3.05, 3.63) is 77.7 Å². The summed E-state index contributed by atoms with van der Waals surface area (Å²) in [5.74, 6) is 2.13. The quantitative estimate of drug-likeness (QED) is 0.489. The number of para-hydroxylation sites is 1. The molecule has 0 fully saturated rings. The molecule has 3 aromatic rings. The Kier molecular flexibility index (Phi) is 7.06. The maximum atomic E-state index is 13.4. The van der Waals surface area contributed by atoms with Crippen LogP contribution in [0.5, 0.6) is 11.5 Å². The predicted octanol–water partition coefficient (Wildman–Crippen LogP) is 4.16. The fourth-order valence-corrected chi connectivity index (χ4v) is 4.08. The number of rotatable bonds is 7. The lowest BCUT2D eigenvalue weighted by molar-refractivity contribution is -0.141. The SMILES string of the molecule is CCOC(=O)CN1CCC(N(C)C(=O)c2cccc(Oc3ccccc3)c2)c2cnc(C)nc21. The number of ether oxygens (including phenoxy) is 2. The number of hydrogen-bond donors (Lipinski definition) is 0. The first-order valence-corrected chi connectivity index (χ1v) is 11.3. The van der Waals surface area contributed by atoms with Gasteiger partial charge in [0.05, 0.1) is 12.6 Å². The minimum atomic E-state index is -0.303. The Morgan fingerprint density at radius 1 is 1.12 bits per heavy atom. The van der Waals surface area contributed by atoms with Crippen LogP contribution in [0.2, 0.25) is 0 Å². The van der Waals surface area contributed by atoms with Crippen molar-refractivity contribution in [3.63, 3.8) is 0 Å². The van der Waals surface area contributed by atoms with Gasteiger partial charge in [0.1, 0.15) is 29.7 Å². The number of benzene rings is 2. The zero-order valence-electron chi connectivity index (χ0n) is 19.6. The molecule has 8 heteroatoms. The van der Waals surface area contributed by atoms with Gasteiger partial charge in [0.15, 0.2) is 0 Å². The largest absolute Gasteiger partial charge is 0.465 e. The first kappa shape index (κ1) is 23.2. The third-order valence-corrected chi connectivity index (χ3v) is 5.72. The third-order valence-electron chi connectivity index (χ3n) is 5.72. The van der Waals surface area contributed by atoms with Crippen molar-refractivity contribution in [2.45, 2.75) is 26.3 Å². The molecule has 2 aromatic carbocycles. The maximum absolute atomic E-state index is 13.4. The second-order valence-corrected chi connectivity index (χ2v) is 8.09. The zero-order valence-corrected chi connectivity index (χ0v) is 19.6. The summed E-state index contributed by atoms with van der Waals surface area (Å²) in [6, 6.07) is 16.4. The van der Waals surface area contributed by atoms with E-state index in [-0.39, 0.29) is 24.5 Å². The van der Waals surface area contributed by atoms with Crippen LogP contribution in [-0.2, 0) is 9.53 Å². The number of amides is 1. The molecule has 34 heavy (non-hydrogen) atoms. The number of carbonyl (C=O) groups excluding carboxylic acids is 2. The van der Waals surface area contributed by atoms with Gasteiger partial charge in [-0.25, -0.2) is 9.97 Å². The number of anilines is 1. The van der Waals surface area contributed by atoms with E-state index in [1.54, 1.807) is 44.1 Å². The number of nitrogens with zero attached hydrogens (tertiary/aromatic N) is 4. The average Bonchev–Trinajstić information content (AvgIpc) is 2.84. The minimum Gasteiger partial charge on any atom is -0.465 e. The molecule has 0 saturated carbocycles. The van der Waals surface area contributed by atoms with E-state index in [4.69, 9.17) is 9.47 Å². The highest BCUT2D eigenvalue weighted by Gasteiger charge is 2.33. The number of carbonyl (C=O) groups is 2. The zero-order chi connectivity index (χ0) is 24.1. The topological polar surface area (TPSA) is 84.9 Å². The van der Waals surface area contributed by atoms with Gasteiger partial charge in [-0.05, 0) is 50.6 Å². The Morgan fingerprint density at radius 3 is 2.65 bits per heavy atom. The summed E-state index contributed by atoms with van der Waals surface area (Å²) in [5, 5.41) is 0. The lowest BCUT2D eigenvalue weighted by Crippen LogP contribution is -2.42. The molecule has 2 heterocycles. The van der Waals surface area contributed by atoms with Gasteiger partial charge in [0, 0.05) is 30.9 Å². The van der Waals surface area contributed by atoms with Crippen molar-refractivity contribution in [1.82, 2.24) is 14.9 Å². The molecule has 0 bridgehead atoms. The van der Waals surface area contributed by atoms with Crippen LogP contribution in [0.15, 0.2) is 60.8 Å². The minimum absolute atomic E-state index is 0.112. The Labute approximate surface area is 199 Å². The fourth-order valence-electron chi connectivity index (χ4n) is 4.08. The Bertz CT molecular complexity index is 1170. The Hall–Kier alpha value is -3.94. The Balaban J connectivity index is 1.55.